The first kappa shape index (κ1) is 8.35. The van der Waals surface area contributed by atoms with E-state index in [1.165, 1.54) is 0 Å². The van der Waals surface area contributed by atoms with Crippen molar-refractivity contribution in [2.45, 2.75) is 13.8 Å². The average Bonchev–Trinajstić information content (AvgIpc) is 2.45. The lowest BCUT2D eigenvalue weighted by molar-refractivity contribution is 0.796. The molecule has 74 valence electrons. The van der Waals surface area contributed by atoms with Crippen LogP contribution in [-0.2, 0) is 0 Å². The first-order chi connectivity index (χ1) is 7.27. The molecule has 2 aromatic heterocycles. The average molecular weight is 198 g/mol. The first-order valence-electron chi connectivity index (χ1n) is 4.85. The van der Waals surface area contributed by atoms with Crippen LogP contribution in [0.5, 0.6) is 0 Å². The van der Waals surface area contributed by atoms with Crippen molar-refractivity contribution in [2.75, 3.05) is 0 Å². The van der Waals surface area contributed by atoms with Gasteiger partial charge in [-0.3, -0.25) is 0 Å². The highest BCUT2D eigenvalue weighted by Gasteiger charge is 2.14. The molecule has 0 atom stereocenters. The molecular weight excluding hydrogens is 188 g/mol. The van der Waals surface area contributed by atoms with Gasteiger partial charge >= 0.3 is 0 Å². The number of aromatic nitrogens is 4. The van der Waals surface area contributed by atoms with Gasteiger partial charge in [-0.1, -0.05) is 18.2 Å². The van der Waals surface area contributed by atoms with Gasteiger partial charge in [0.15, 0.2) is 0 Å². The number of aryl methyl sites for hydroxylation is 2. The summed E-state index contributed by atoms with van der Waals surface area (Å²) >= 11 is 0. The molecule has 15 heavy (non-hydrogen) atoms. The second-order valence-electron chi connectivity index (χ2n) is 3.61. The number of rotatable bonds is 0. The summed E-state index contributed by atoms with van der Waals surface area (Å²) in [5.74, 6) is 0.812. The normalized spacial score (nSPS) is 13.5. The molecule has 1 aliphatic carbocycles. The van der Waals surface area contributed by atoms with Crippen molar-refractivity contribution in [1.82, 2.24) is 19.8 Å². The summed E-state index contributed by atoms with van der Waals surface area (Å²) in [6.07, 6.45) is 7.99. The molecule has 0 unspecified atom stereocenters. The molecule has 4 heteroatoms. The molecule has 0 radical (unpaired) electrons. The van der Waals surface area contributed by atoms with Crippen molar-refractivity contribution in [2.24, 2.45) is 0 Å². The zero-order chi connectivity index (χ0) is 10.4. The van der Waals surface area contributed by atoms with E-state index in [2.05, 4.69) is 21.4 Å². The van der Waals surface area contributed by atoms with E-state index in [0.29, 0.717) is 0 Å². The van der Waals surface area contributed by atoms with E-state index < -0.39 is 0 Å². The van der Waals surface area contributed by atoms with Crippen molar-refractivity contribution >= 4 is 17.7 Å². The monoisotopic (exact) mass is 198 g/mol. The summed E-state index contributed by atoms with van der Waals surface area (Å²) in [4.78, 5) is 0. The molecule has 4 nitrogen and oxygen atoms in total. The number of nitrogens with zero attached hydrogens (tertiary/aromatic N) is 4. The van der Waals surface area contributed by atoms with E-state index in [1.54, 1.807) is 0 Å². The molecule has 0 amide bonds. The van der Waals surface area contributed by atoms with Gasteiger partial charge in [0.05, 0.1) is 5.69 Å². The summed E-state index contributed by atoms with van der Waals surface area (Å²) in [6, 6.07) is 0. The molecule has 1 aliphatic rings. The lowest BCUT2D eigenvalue weighted by Gasteiger charge is -1.99. The number of hydrogen-bond donors (Lipinski definition) is 0. The fraction of sp³-hybridized carbons (Fsp3) is 0.182. The maximum absolute atomic E-state index is 4.46. The minimum absolute atomic E-state index is 0.812. The third kappa shape index (κ3) is 1.05. The summed E-state index contributed by atoms with van der Waals surface area (Å²) < 4.78 is 1.85. The van der Waals surface area contributed by atoms with E-state index in [0.717, 1.165) is 28.3 Å². The molecule has 0 fully saturated rings. The maximum Gasteiger partial charge on any atom is 0.150 e. The van der Waals surface area contributed by atoms with Gasteiger partial charge in [0.1, 0.15) is 17.0 Å². The highest BCUT2D eigenvalue weighted by atomic mass is 15.3. The molecule has 0 aromatic carbocycles. The van der Waals surface area contributed by atoms with Crippen LogP contribution in [0.4, 0.5) is 0 Å². The van der Waals surface area contributed by atoms with Crippen LogP contribution in [0.1, 0.15) is 22.8 Å². The lowest BCUT2D eigenvalue weighted by Crippen LogP contribution is -2.01. The highest BCUT2D eigenvalue weighted by Crippen LogP contribution is 2.23. The standard InChI is InChI=1S/C11H10N4/c1-7-9-5-3-4-6-10-11(9)15(14-7)8(2)12-13-10/h3-6H,1-2H3. The van der Waals surface area contributed by atoms with Gasteiger partial charge in [-0.2, -0.15) is 5.10 Å². The Morgan fingerprint density at radius 2 is 1.87 bits per heavy atom. The molecule has 0 aliphatic heterocycles. The Hall–Kier alpha value is -1.97. The molecular formula is C11H10N4. The predicted molar refractivity (Wildman–Crippen MR) is 58.3 cm³/mol. The summed E-state index contributed by atoms with van der Waals surface area (Å²) in [5.41, 5.74) is 4.06. The maximum atomic E-state index is 4.46. The van der Waals surface area contributed by atoms with Crippen LogP contribution in [0.15, 0.2) is 12.2 Å². The Balaban J connectivity index is 2.58. The van der Waals surface area contributed by atoms with Crippen molar-refractivity contribution < 1.29 is 0 Å². The smallest absolute Gasteiger partial charge is 0.150 e. The molecule has 2 heterocycles. The van der Waals surface area contributed by atoms with Crippen LogP contribution in [0.25, 0.3) is 17.7 Å². The Kier molecular flexibility index (Phi) is 1.54. The van der Waals surface area contributed by atoms with Gasteiger partial charge in [0, 0.05) is 5.56 Å². The molecule has 0 bridgehead atoms. The molecule has 2 aromatic rings. The highest BCUT2D eigenvalue weighted by molar-refractivity contribution is 5.81. The van der Waals surface area contributed by atoms with Crippen molar-refractivity contribution in [3.8, 4) is 0 Å². The lowest BCUT2D eigenvalue weighted by atomic mass is 10.2. The quantitative estimate of drug-likeness (QED) is 0.648. The molecule has 0 saturated carbocycles. The van der Waals surface area contributed by atoms with Crippen LogP contribution >= 0.6 is 0 Å². The van der Waals surface area contributed by atoms with Crippen molar-refractivity contribution in [3.63, 3.8) is 0 Å². The van der Waals surface area contributed by atoms with E-state index >= 15 is 0 Å². The Morgan fingerprint density at radius 3 is 2.73 bits per heavy atom. The molecule has 0 saturated heterocycles. The Bertz CT molecular complexity index is 605. The van der Waals surface area contributed by atoms with Gasteiger partial charge in [0.25, 0.3) is 0 Å². The van der Waals surface area contributed by atoms with Gasteiger partial charge in [-0.25, -0.2) is 4.52 Å². The molecule has 3 rings (SSSR count). The summed E-state index contributed by atoms with van der Waals surface area (Å²) in [5, 5.41) is 12.7. The number of allylic oxidation sites excluding steroid dienone is 2. The van der Waals surface area contributed by atoms with Gasteiger partial charge < -0.3 is 0 Å². The van der Waals surface area contributed by atoms with E-state index in [4.69, 9.17) is 0 Å². The molecule has 0 N–H and O–H groups in total. The summed E-state index contributed by atoms with van der Waals surface area (Å²) in [7, 11) is 0. The van der Waals surface area contributed by atoms with Crippen LogP contribution < -0.4 is 0 Å². The van der Waals surface area contributed by atoms with Crippen LogP contribution in [-0.4, -0.2) is 19.8 Å². The fourth-order valence-electron chi connectivity index (χ4n) is 1.85. The van der Waals surface area contributed by atoms with E-state index in [1.807, 2.05) is 36.6 Å². The molecule has 0 spiro atoms. The van der Waals surface area contributed by atoms with E-state index in [9.17, 15) is 0 Å². The van der Waals surface area contributed by atoms with Crippen LogP contribution in [0, 0.1) is 13.8 Å². The van der Waals surface area contributed by atoms with Gasteiger partial charge in [0.2, 0.25) is 0 Å². The van der Waals surface area contributed by atoms with Crippen molar-refractivity contribution in [1.29, 1.82) is 0 Å². The minimum atomic E-state index is 0.812. The topological polar surface area (TPSA) is 43.1 Å². The van der Waals surface area contributed by atoms with Crippen molar-refractivity contribution in [3.05, 3.63) is 34.9 Å². The van der Waals surface area contributed by atoms with Gasteiger partial charge in [-0.15, -0.1) is 10.2 Å². The zero-order valence-corrected chi connectivity index (χ0v) is 8.60. The first-order valence-corrected chi connectivity index (χ1v) is 4.85. The van der Waals surface area contributed by atoms with Crippen LogP contribution in [0.3, 0.4) is 0 Å². The zero-order valence-electron chi connectivity index (χ0n) is 8.60. The third-order valence-electron chi connectivity index (χ3n) is 2.59. The largest absolute Gasteiger partial charge is 0.215 e. The van der Waals surface area contributed by atoms with Crippen LogP contribution in [0.2, 0.25) is 0 Å². The predicted octanol–water partition coefficient (Wildman–Crippen LogP) is 1.78. The second kappa shape index (κ2) is 2.76. The number of hydrogen-bond acceptors (Lipinski definition) is 3. The minimum Gasteiger partial charge on any atom is -0.215 e. The summed E-state index contributed by atoms with van der Waals surface area (Å²) in [6.45, 7) is 3.91. The van der Waals surface area contributed by atoms with E-state index in [-0.39, 0.29) is 0 Å². The second-order valence-corrected chi connectivity index (χ2v) is 3.61. The third-order valence-corrected chi connectivity index (χ3v) is 2.59. The fourth-order valence-corrected chi connectivity index (χ4v) is 1.85. The van der Waals surface area contributed by atoms with Gasteiger partial charge in [-0.05, 0) is 19.9 Å². The SMILES string of the molecule is Cc1nn2c(C)nnc3c2c1C=CC=C3. The Morgan fingerprint density at radius 1 is 1.07 bits per heavy atom. The Labute approximate surface area is 87.0 Å².